The molecule has 4 aliphatic rings. The number of hydrogen-bond donors (Lipinski definition) is 2. The molecule has 0 bridgehead atoms. The second-order valence-electron chi connectivity index (χ2n) is 11.6. The molecule has 4 fully saturated rings. The minimum absolute atomic E-state index is 0.131. The van der Waals surface area contributed by atoms with E-state index >= 15 is 0 Å². The van der Waals surface area contributed by atoms with Crippen LogP contribution in [0.25, 0.3) is 0 Å². The number of rotatable bonds is 3. The Kier molecular flexibility index (Phi) is 5.47. The highest BCUT2D eigenvalue weighted by Crippen LogP contribution is 2.66. The highest BCUT2D eigenvalue weighted by atomic mass is 16.3. The highest BCUT2D eigenvalue weighted by Gasteiger charge is 2.61. The first-order valence-corrected chi connectivity index (χ1v) is 12.2. The lowest BCUT2D eigenvalue weighted by molar-refractivity contribution is -0.144. The molecule has 27 heavy (non-hydrogen) atoms. The Morgan fingerprint density at radius 2 is 1.67 bits per heavy atom. The molecule has 2 heteroatoms. The number of aliphatic hydroxyl groups excluding tert-OH is 2. The lowest BCUT2D eigenvalue weighted by atomic mass is 9.48. The Balaban J connectivity index is 1.64. The van der Waals surface area contributed by atoms with Crippen LogP contribution in [0.15, 0.2) is 0 Å². The summed E-state index contributed by atoms with van der Waals surface area (Å²) in [6, 6.07) is 0. The van der Waals surface area contributed by atoms with Crippen LogP contribution in [0.1, 0.15) is 98.3 Å². The molecule has 156 valence electrons. The van der Waals surface area contributed by atoms with E-state index in [9.17, 15) is 10.2 Å². The minimum atomic E-state index is -0.138. The SMILES string of the molecule is CCC[C@@H](C)[C@H]1CC[C@H]2[C@@H]3[C@@H](O)C[C@@H]4C[C@H](O)CC[C@]4(C)[C@H]3CCC[C@]12C. The van der Waals surface area contributed by atoms with E-state index in [4.69, 9.17) is 0 Å². The van der Waals surface area contributed by atoms with Crippen LogP contribution < -0.4 is 0 Å². The first-order chi connectivity index (χ1) is 12.8. The summed E-state index contributed by atoms with van der Waals surface area (Å²) in [6.45, 7) is 9.97. The van der Waals surface area contributed by atoms with Crippen LogP contribution in [0, 0.1) is 46.3 Å². The summed E-state index contributed by atoms with van der Waals surface area (Å²) in [5, 5.41) is 21.6. The van der Waals surface area contributed by atoms with Crippen molar-refractivity contribution in [2.45, 2.75) is 111 Å². The van der Waals surface area contributed by atoms with Gasteiger partial charge >= 0.3 is 0 Å². The maximum Gasteiger partial charge on any atom is 0.0577 e. The fourth-order valence-corrected chi connectivity index (χ4v) is 9.07. The van der Waals surface area contributed by atoms with Crippen LogP contribution in [0.4, 0.5) is 0 Å². The van der Waals surface area contributed by atoms with Crippen LogP contribution in [-0.4, -0.2) is 22.4 Å². The van der Waals surface area contributed by atoms with Crippen molar-refractivity contribution in [1.29, 1.82) is 0 Å². The molecule has 0 aromatic heterocycles. The molecule has 0 amide bonds. The Bertz CT molecular complexity index is 532. The summed E-state index contributed by atoms with van der Waals surface area (Å²) in [5.41, 5.74) is 0.786. The van der Waals surface area contributed by atoms with Gasteiger partial charge in [-0.1, -0.05) is 47.0 Å². The van der Waals surface area contributed by atoms with Crippen LogP contribution in [-0.2, 0) is 0 Å². The van der Waals surface area contributed by atoms with Crippen molar-refractivity contribution >= 4 is 0 Å². The van der Waals surface area contributed by atoms with Crippen LogP contribution in [0.3, 0.4) is 0 Å². The topological polar surface area (TPSA) is 40.5 Å². The molecule has 4 aliphatic carbocycles. The maximum absolute atomic E-state index is 11.4. The molecule has 0 spiro atoms. The molecule has 2 N–H and O–H groups in total. The summed E-state index contributed by atoms with van der Waals surface area (Å²) < 4.78 is 0. The zero-order valence-electron chi connectivity index (χ0n) is 18.3. The van der Waals surface area contributed by atoms with E-state index < -0.39 is 0 Å². The molecule has 0 aromatic rings. The van der Waals surface area contributed by atoms with Gasteiger partial charge in [-0.3, -0.25) is 0 Å². The van der Waals surface area contributed by atoms with E-state index in [1.54, 1.807) is 0 Å². The monoisotopic (exact) mass is 376 g/mol. The van der Waals surface area contributed by atoms with Gasteiger partial charge in [0.15, 0.2) is 0 Å². The summed E-state index contributed by atoms with van der Waals surface area (Å²) in [5.74, 6) is 4.10. The lowest BCUT2D eigenvalue weighted by Gasteiger charge is -2.58. The highest BCUT2D eigenvalue weighted by molar-refractivity contribution is 5.10. The van der Waals surface area contributed by atoms with E-state index in [0.29, 0.717) is 34.5 Å². The second kappa shape index (κ2) is 7.31. The average molecular weight is 377 g/mol. The van der Waals surface area contributed by atoms with Crippen molar-refractivity contribution in [1.82, 2.24) is 0 Å². The first-order valence-electron chi connectivity index (χ1n) is 12.2. The van der Waals surface area contributed by atoms with Gasteiger partial charge in [-0.25, -0.2) is 0 Å². The third-order valence-electron chi connectivity index (χ3n) is 10.4. The van der Waals surface area contributed by atoms with Crippen molar-refractivity contribution in [3.05, 3.63) is 0 Å². The van der Waals surface area contributed by atoms with E-state index in [1.807, 2.05) is 0 Å². The molecule has 0 radical (unpaired) electrons. The average Bonchev–Trinajstić information content (AvgIpc) is 2.85. The fraction of sp³-hybridized carbons (Fsp3) is 1.00. The van der Waals surface area contributed by atoms with Gasteiger partial charge in [0.05, 0.1) is 12.2 Å². The molecule has 4 rings (SSSR count). The molecule has 4 saturated carbocycles. The smallest absolute Gasteiger partial charge is 0.0577 e. The van der Waals surface area contributed by atoms with E-state index in [1.165, 1.54) is 51.4 Å². The second-order valence-corrected chi connectivity index (χ2v) is 11.6. The van der Waals surface area contributed by atoms with Crippen molar-refractivity contribution in [3.8, 4) is 0 Å². The summed E-state index contributed by atoms with van der Waals surface area (Å²) >= 11 is 0. The predicted octanol–water partition coefficient (Wildman–Crippen LogP) is 5.80. The molecule has 0 saturated heterocycles. The molecule has 2 nitrogen and oxygen atoms in total. The van der Waals surface area contributed by atoms with Gasteiger partial charge in [0, 0.05) is 0 Å². The Morgan fingerprint density at radius 1 is 0.926 bits per heavy atom. The van der Waals surface area contributed by atoms with E-state index in [-0.39, 0.29) is 12.2 Å². The van der Waals surface area contributed by atoms with Gasteiger partial charge in [0.1, 0.15) is 0 Å². The zero-order valence-corrected chi connectivity index (χ0v) is 18.3. The number of aliphatic hydroxyl groups is 2. The summed E-state index contributed by atoms with van der Waals surface area (Å²) in [6.07, 6.45) is 13.2. The van der Waals surface area contributed by atoms with E-state index in [0.717, 1.165) is 31.1 Å². The Labute approximate surface area is 167 Å². The lowest BCUT2D eigenvalue weighted by Crippen LogP contribution is -2.55. The van der Waals surface area contributed by atoms with Gasteiger partial charge in [-0.15, -0.1) is 0 Å². The largest absolute Gasteiger partial charge is 0.393 e. The minimum Gasteiger partial charge on any atom is -0.393 e. The molecule has 10 atom stereocenters. The first kappa shape index (κ1) is 20.2. The van der Waals surface area contributed by atoms with Gasteiger partial charge < -0.3 is 10.2 Å². The number of fused-ring (bicyclic) bond motifs is 5. The van der Waals surface area contributed by atoms with Crippen molar-refractivity contribution in [2.75, 3.05) is 0 Å². The van der Waals surface area contributed by atoms with E-state index in [2.05, 4.69) is 27.7 Å². The third-order valence-corrected chi connectivity index (χ3v) is 10.4. The summed E-state index contributed by atoms with van der Waals surface area (Å²) in [7, 11) is 0. The molecular formula is C25H44O2. The van der Waals surface area contributed by atoms with Gasteiger partial charge in [0.2, 0.25) is 0 Å². The fourth-order valence-electron chi connectivity index (χ4n) is 9.07. The predicted molar refractivity (Wildman–Crippen MR) is 111 cm³/mol. The Morgan fingerprint density at radius 3 is 2.41 bits per heavy atom. The van der Waals surface area contributed by atoms with Gasteiger partial charge in [-0.05, 0) is 97.7 Å². The third kappa shape index (κ3) is 3.12. The maximum atomic E-state index is 11.4. The van der Waals surface area contributed by atoms with Crippen molar-refractivity contribution < 1.29 is 10.2 Å². The molecule has 0 aliphatic heterocycles. The van der Waals surface area contributed by atoms with Gasteiger partial charge in [0.25, 0.3) is 0 Å². The van der Waals surface area contributed by atoms with Crippen LogP contribution in [0.2, 0.25) is 0 Å². The van der Waals surface area contributed by atoms with Crippen LogP contribution >= 0.6 is 0 Å². The van der Waals surface area contributed by atoms with Crippen molar-refractivity contribution in [3.63, 3.8) is 0 Å². The van der Waals surface area contributed by atoms with Gasteiger partial charge in [-0.2, -0.15) is 0 Å². The molecule has 0 heterocycles. The summed E-state index contributed by atoms with van der Waals surface area (Å²) in [4.78, 5) is 0. The Hall–Kier alpha value is -0.0800. The quantitative estimate of drug-likeness (QED) is 0.653. The number of hydrogen-bond acceptors (Lipinski definition) is 2. The zero-order chi connectivity index (χ0) is 19.4. The molecule has 0 aromatic carbocycles. The van der Waals surface area contributed by atoms with Crippen molar-refractivity contribution in [2.24, 2.45) is 46.3 Å². The standard InChI is InChI=1S/C25H44O2/c1-5-7-16(2)19-9-10-21-23-20(8-6-12-25(19,21)4)24(3)13-11-18(26)14-17(24)15-22(23)27/h16-23,26-27H,5-15H2,1-4H3/t16-,17+,18-,19-,20+,21+,22+,23-,24+,25-/m1/s1. The normalized spacial score (nSPS) is 53.8. The molecule has 0 unspecified atom stereocenters. The molecular weight excluding hydrogens is 332 g/mol. The van der Waals surface area contributed by atoms with Crippen LogP contribution in [0.5, 0.6) is 0 Å².